The van der Waals surface area contributed by atoms with Crippen molar-refractivity contribution in [2.75, 3.05) is 7.11 Å². The Labute approximate surface area is 147 Å². The minimum absolute atomic E-state index is 0.314. The van der Waals surface area contributed by atoms with Crippen molar-refractivity contribution >= 4 is 17.9 Å². The zero-order chi connectivity index (χ0) is 17.6. The van der Waals surface area contributed by atoms with Gasteiger partial charge in [0, 0.05) is 12.0 Å². The zero-order valence-electron chi connectivity index (χ0n) is 14.5. The van der Waals surface area contributed by atoms with Crippen LogP contribution < -0.4 is 4.74 Å². The molecule has 4 nitrogen and oxygen atoms in total. The highest BCUT2D eigenvalue weighted by atomic mass is 16.6. The van der Waals surface area contributed by atoms with E-state index in [0.29, 0.717) is 23.8 Å². The number of aliphatic imine (C=N–C) groups is 1. The lowest BCUT2D eigenvalue weighted by Crippen LogP contribution is -2.05. The molecule has 0 saturated heterocycles. The summed E-state index contributed by atoms with van der Waals surface area (Å²) in [5, 5.41) is 0. The second-order valence-corrected chi connectivity index (χ2v) is 5.84. The van der Waals surface area contributed by atoms with E-state index in [2.05, 4.69) is 24.0 Å². The predicted molar refractivity (Wildman–Crippen MR) is 98.6 cm³/mol. The Kier molecular flexibility index (Phi) is 5.29. The molecule has 3 rings (SSSR count). The van der Waals surface area contributed by atoms with Crippen molar-refractivity contribution in [2.45, 2.75) is 26.2 Å². The second-order valence-electron chi connectivity index (χ2n) is 5.84. The van der Waals surface area contributed by atoms with E-state index in [1.165, 1.54) is 11.1 Å². The average Bonchev–Trinajstić information content (AvgIpc) is 3.00. The average molecular weight is 335 g/mol. The van der Waals surface area contributed by atoms with Crippen LogP contribution in [0.4, 0.5) is 0 Å². The SMILES string of the molecule is CCc1ccc(OC)c(/C=C2/N=C(CCc3ccccc3)OC2=O)c1. The number of aryl methyl sites for hydroxylation is 2. The summed E-state index contributed by atoms with van der Waals surface area (Å²) >= 11 is 0. The molecule has 0 saturated carbocycles. The molecule has 0 N–H and O–H groups in total. The minimum Gasteiger partial charge on any atom is -0.496 e. The highest BCUT2D eigenvalue weighted by Crippen LogP contribution is 2.25. The molecule has 25 heavy (non-hydrogen) atoms. The number of hydrogen-bond acceptors (Lipinski definition) is 4. The van der Waals surface area contributed by atoms with Crippen LogP contribution in [0, 0.1) is 0 Å². The standard InChI is InChI=1S/C21H21NO3/c1-3-15-9-11-19(24-2)17(13-15)14-18-21(23)25-20(22-18)12-10-16-7-5-4-6-8-16/h4-9,11,13-14H,3,10,12H2,1-2H3/b18-14+. The molecule has 4 heteroatoms. The first-order valence-electron chi connectivity index (χ1n) is 8.42. The molecule has 0 spiro atoms. The van der Waals surface area contributed by atoms with E-state index >= 15 is 0 Å². The van der Waals surface area contributed by atoms with Gasteiger partial charge in [0.15, 0.2) is 11.6 Å². The highest BCUT2D eigenvalue weighted by molar-refractivity contribution is 6.07. The summed E-state index contributed by atoms with van der Waals surface area (Å²) in [5.74, 6) is 0.767. The molecule has 2 aromatic rings. The molecular weight excluding hydrogens is 314 g/mol. The minimum atomic E-state index is -0.410. The smallest absolute Gasteiger partial charge is 0.363 e. The van der Waals surface area contributed by atoms with Crippen LogP contribution in [-0.2, 0) is 22.4 Å². The number of methoxy groups -OCH3 is 1. The second kappa shape index (κ2) is 7.79. The van der Waals surface area contributed by atoms with Crippen molar-refractivity contribution < 1.29 is 14.3 Å². The van der Waals surface area contributed by atoms with Gasteiger partial charge in [-0.15, -0.1) is 0 Å². The third-order valence-electron chi connectivity index (χ3n) is 4.13. The predicted octanol–water partition coefficient (Wildman–Crippen LogP) is 4.19. The van der Waals surface area contributed by atoms with Crippen LogP contribution in [0.15, 0.2) is 59.2 Å². The molecule has 0 unspecified atom stereocenters. The molecule has 0 amide bonds. The molecule has 1 heterocycles. The maximum atomic E-state index is 12.1. The number of nitrogens with zero attached hydrogens (tertiary/aromatic N) is 1. The summed E-state index contributed by atoms with van der Waals surface area (Å²) in [4.78, 5) is 16.5. The van der Waals surface area contributed by atoms with Gasteiger partial charge in [-0.2, -0.15) is 0 Å². The third kappa shape index (κ3) is 4.15. The molecule has 0 aromatic heterocycles. The molecule has 0 radical (unpaired) electrons. The maximum Gasteiger partial charge on any atom is 0.363 e. The molecular formula is C21H21NO3. The number of benzene rings is 2. The van der Waals surface area contributed by atoms with Crippen LogP contribution in [0.3, 0.4) is 0 Å². The summed E-state index contributed by atoms with van der Waals surface area (Å²) in [5.41, 5.74) is 3.51. The number of ether oxygens (including phenoxy) is 2. The molecule has 128 valence electrons. The molecule has 1 aliphatic heterocycles. The number of carbonyl (C=O) groups excluding carboxylic acids is 1. The lowest BCUT2D eigenvalue weighted by Gasteiger charge is -2.06. The topological polar surface area (TPSA) is 47.9 Å². The number of esters is 1. The van der Waals surface area contributed by atoms with Crippen LogP contribution in [0.25, 0.3) is 6.08 Å². The summed E-state index contributed by atoms with van der Waals surface area (Å²) < 4.78 is 10.7. The Bertz CT molecular complexity index is 822. The Morgan fingerprint density at radius 1 is 1.08 bits per heavy atom. The van der Waals surface area contributed by atoms with Gasteiger partial charge in [-0.25, -0.2) is 9.79 Å². The quantitative estimate of drug-likeness (QED) is 0.587. The molecule has 0 bridgehead atoms. The van der Waals surface area contributed by atoms with Crippen LogP contribution in [0.5, 0.6) is 5.75 Å². The molecule has 0 fully saturated rings. The molecule has 0 atom stereocenters. The van der Waals surface area contributed by atoms with Crippen LogP contribution in [0.2, 0.25) is 0 Å². The first kappa shape index (κ1) is 17.0. The summed E-state index contributed by atoms with van der Waals surface area (Å²) in [6, 6.07) is 16.0. The van der Waals surface area contributed by atoms with Gasteiger partial charge in [0.25, 0.3) is 0 Å². The Hall–Kier alpha value is -2.88. The Morgan fingerprint density at radius 2 is 1.88 bits per heavy atom. The van der Waals surface area contributed by atoms with Crippen molar-refractivity contribution in [1.29, 1.82) is 0 Å². The van der Waals surface area contributed by atoms with Gasteiger partial charge in [0.1, 0.15) is 5.75 Å². The van der Waals surface area contributed by atoms with E-state index in [0.717, 1.165) is 18.4 Å². The van der Waals surface area contributed by atoms with E-state index < -0.39 is 5.97 Å². The van der Waals surface area contributed by atoms with Gasteiger partial charge >= 0.3 is 5.97 Å². The van der Waals surface area contributed by atoms with Gasteiger partial charge in [-0.3, -0.25) is 0 Å². The zero-order valence-corrected chi connectivity index (χ0v) is 14.5. The first-order valence-corrected chi connectivity index (χ1v) is 8.42. The Balaban J connectivity index is 1.79. The Morgan fingerprint density at radius 3 is 2.60 bits per heavy atom. The summed E-state index contributed by atoms with van der Waals surface area (Å²) in [6.45, 7) is 2.09. The first-order chi connectivity index (χ1) is 12.2. The van der Waals surface area contributed by atoms with E-state index in [1.54, 1.807) is 13.2 Å². The number of rotatable bonds is 6. The monoisotopic (exact) mass is 335 g/mol. The van der Waals surface area contributed by atoms with Gasteiger partial charge < -0.3 is 9.47 Å². The van der Waals surface area contributed by atoms with Gasteiger partial charge in [0.2, 0.25) is 0 Å². The van der Waals surface area contributed by atoms with Gasteiger partial charge in [-0.05, 0) is 42.2 Å². The van der Waals surface area contributed by atoms with Crippen LogP contribution in [0.1, 0.15) is 30.0 Å². The van der Waals surface area contributed by atoms with E-state index in [4.69, 9.17) is 9.47 Å². The number of hydrogen-bond donors (Lipinski definition) is 0. The fourth-order valence-corrected chi connectivity index (χ4v) is 2.72. The maximum absolute atomic E-state index is 12.1. The van der Waals surface area contributed by atoms with Crippen molar-refractivity contribution in [3.05, 3.63) is 70.9 Å². The van der Waals surface area contributed by atoms with Crippen molar-refractivity contribution in [3.63, 3.8) is 0 Å². The number of carbonyl (C=O) groups is 1. The van der Waals surface area contributed by atoms with Crippen molar-refractivity contribution in [2.24, 2.45) is 4.99 Å². The van der Waals surface area contributed by atoms with E-state index in [1.807, 2.05) is 36.4 Å². The fourth-order valence-electron chi connectivity index (χ4n) is 2.72. The van der Waals surface area contributed by atoms with Crippen molar-refractivity contribution in [1.82, 2.24) is 0 Å². The normalized spacial score (nSPS) is 15.2. The highest BCUT2D eigenvalue weighted by Gasteiger charge is 2.23. The fraction of sp³-hybridized carbons (Fsp3) is 0.238. The lowest BCUT2D eigenvalue weighted by atomic mass is 10.1. The molecule has 1 aliphatic rings. The third-order valence-corrected chi connectivity index (χ3v) is 4.13. The molecule has 2 aromatic carbocycles. The lowest BCUT2D eigenvalue weighted by molar-refractivity contribution is -0.130. The van der Waals surface area contributed by atoms with Crippen LogP contribution >= 0.6 is 0 Å². The largest absolute Gasteiger partial charge is 0.496 e. The van der Waals surface area contributed by atoms with Gasteiger partial charge in [0.05, 0.1) is 7.11 Å². The summed E-state index contributed by atoms with van der Waals surface area (Å²) in [7, 11) is 1.62. The van der Waals surface area contributed by atoms with E-state index in [-0.39, 0.29) is 0 Å². The van der Waals surface area contributed by atoms with E-state index in [9.17, 15) is 4.79 Å². The summed E-state index contributed by atoms with van der Waals surface area (Å²) in [6.07, 6.45) is 4.03. The van der Waals surface area contributed by atoms with Crippen molar-refractivity contribution in [3.8, 4) is 5.75 Å². The van der Waals surface area contributed by atoms with Gasteiger partial charge in [-0.1, -0.05) is 43.3 Å². The van der Waals surface area contributed by atoms with Crippen LogP contribution in [-0.4, -0.2) is 19.0 Å². The number of cyclic esters (lactones) is 1. The molecule has 0 aliphatic carbocycles.